The Bertz CT molecular complexity index is 805. The first-order valence-electron chi connectivity index (χ1n) is 6.44. The molecule has 22 heavy (non-hydrogen) atoms. The van der Waals surface area contributed by atoms with Gasteiger partial charge in [0.15, 0.2) is 0 Å². The fraction of sp³-hybridized carbons (Fsp3) is 0.125. The van der Waals surface area contributed by atoms with Crippen molar-refractivity contribution in [2.45, 2.75) is 9.79 Å². The maximum atomic E-state index is 12.5. The van der Waals surface area contributed by atoms with E-state index in [1.807, 2.05) is 6.26 Å². The second-order valence-corrected chi connectivity index (χ2v) is 7.71. The van der Waals surface area contributed by atoms with Crippen LogP contribution < -0.4 is 0 Å². The summed E-state index contributed by atoms with van der Waals surface area (Å²) in [4.78, 5) is 25.5. The summed E-state index contributed by atoms with van der Waals surface area (Å²) < 4.78 is 16.1. The molecule has 0 N–H and O–H groups in total. The number of rotatable bonds is 4. The Labute approximate surface area is 134 Å². The summed E-state index contributed by atoms with van der Waals surface area (Å²) in [6, 6.07) is 15.1. The zero-order chi connectivity index (χ0) is 16.2. The smallest absolute Gasteiger partial charge is 0.283 e. The second-order valence-electron chi connectivity index (χ2n) is 4.57. The van der Waals surface area contributed by atoms with E-state index in [9.17, 15) is 13.8 Å². The zero-order valence-electron chi connectivity index (χ0n) is 12.2. The van der Waals surface area contributed by atoms with E-state index in [-0.39, 0.29) is 5.56 Å². The predicted octanol–water partition coefficient (Wildman–Crippen LogP) is 3.27. The fourth-order valence-corrected chi connectivity index (χ4v) is 3.37. The summed E-state index contributed by atoms with van der Waals surface area (Å²) in [5, 5.41) is 0. The number of amides is 1. The lowest BCUT2D eigenvalue weighted by Crippen LogP contribution is -2.14. The molecular formula is C16H15NO3S2. The van der Waals surface area contributed by atoms with Crippen molar-refractivity contribution in [3.8, 4) is 0 Å². The van der Waals surface area contributed by atoms with E-state index >= 15 is 0 Å². The molecule has 2 rings (SSSR count). The molecule has 0 saturated heterocycles. The van der Waals surface area contributed by atoms with Crippen LogP contribution in [0.25, 0.3) is 0 Å². The van der Waals surface area contributed by atoms with Crippen LogP contribution >= 0.6 is 11.8 Å². The van der Waals surface area contributed by atoms with E-state index in [1.54, 1.807) is 54.6 Å². The summed E-state index contributed by atoms with van der Waals surface area (Å²) in [7, 11) is -2.92. The topological polar surface area (TPSA) is 63.6 Å². The van der Waals surface area contributed by atoms with Gasteiger partial charge in [0.1, 0.15) is 0 Å². The Morgan fingerprint density at radius 2 is 1.59 bits per heavy atom. The highest BCUT2D eigenvalue weighted by atomic mass is 32.2. The van der Waals surface area contributed by atoms with Gasteiger partial charge < -0.3 is 0 Å². The second kappa shape index (κ2) is 6.89. The molecule has 0 aromatic heterocycles. The molecule has 1 atom stereocenters. The first-order valence-corrected chi connectivity index (χ1v) is 9.59. The van der Waals surface area contributed by atoms with E-state index < -0.39 is 21.4 Å². The molecule has 6 heteroatoms. The van der Waals surface area contributed by atoms with Gasteiger partial charge >= 0.3 is 5.91 Å². The van der Waals surface area contributed by atoms with Crippen molar-refractivity contribution in [2.75, 3.05) is 12.5 Å². The van der Waals surface area contributed by atoms with Gasteiger partial charge in [-0.1, -0.05) is 18.2 Å². The fourth-order valence-electron chi connectivity index (χ4n) is 1.79. The number of hydrogen-bond acceptors (Lipinski definition) is 4. The average Bonchev–Trinajstić information content (AvgIpc) is 2.54. The minimum Gasteiger partial charge on any atom is -0.283 e. The molecule has 0 aliphatic carbocycles. The molecular weight excluding hydrogens is 318 g/mol. The SMILES string of the molecule is CSc1ccc(C(=O)C(=O)N=S(C)(=O)c2ccccc2)cc1. The van der Waals surface area contributed by atoms with Crippen LogP contribution in [0.5, 0.6) is 0 Å². The molecule has 2 aromatic carbocycles. The van der Waals surface area contributed by atoms with Gasteiger partial charge in [0.2, 0.25) is 0 Å². The molecule has 1 amide bonds. The molecule has 0 saturated carbocycles. The van der Waals surface area contributed by atoms with E-state index in [2.05, 4.69) is 4.36 Å². The number of carbonyl (C=O) groups excluding carboxylic acids is 2. The summed E-state index contributed by atoms with van der Waals surface area (Å²) in [6.07, 6.45) is 3.27. The van der Waals surface area contributed by atoms with Gasteiger partial charge in [0, 0.05) is 21.6 Å². The van der Waals surface area contributed by atoms with Crippen LogP contribution in [0.4, 0.5) is 0 Å². The van der Waals surface area contributed by atoms with Crippen molar-refractivity contribution >= 4 is 33.2 Å². The molecule has 0 radical (unpaired) electrons. The average molecular weight is 333 g/mol. The molecule has 1 unspecified atom stereocenters. The minimum absolute atomic E-state index is 0.245. The van der Waals surface area contributed by atoms with Crippen molar-refractivity contribution in [1.29, 1.82) is 0 Å². The van der Waals surface area contributed by atoms with Crippen LogP contribution in [0.3, 0.4) is 0 Å². The Kier molecular flexibility index (Phi) is 5.15. The maximum Gasteiger partial charge on any atom is 0.326 e. The van der Waals surface area contributed by atoms with Gasteiger partial charge in [0.25, 0.3) is 5.78 Å². The highest BCUT2D eigenvalue weighted by molar-refractivity contribution is 7.98. The van der Waals surface area contributed by atoms with Crippen LogP contribution in [0, 0.1) is 0 Å². The number of thioether (sulfide) groups is 1. The number of nitrogens with zero attached hydrogens (tertiary/aromatic N) is 1. The lowest BCUT2D eigenvalue weighted by molar-refractivity contribution is -0.113. The number of Topliss-reactive ketones (excluding diaryl/α,β-unsaturated/α-hetero) is 1. The summed E-state index contributed by atoms with van der Waals surface area (Å²) in [5.41, 5.74) is 0.245. The van der Waals surface area contributed by atoms with Crippen molar-refractivity contribution in [3.63, 3.8) is 0 Å². The van der Waals surface area contributed by atoms with Crippen molar-refractivity contribution < 1.29 is 13.8 Å². The van der Waals surface area contributed by atoms with Crippen LogP contribution in [-0.2, 0) is 14.5 Å². The number of ketones is 1. The summed E-state index contributed by atoms with van der Waals surface area (Å²) >= 11 is 1.54. The summed E-state index contributed by atoms with van der Waals surface area (Å²) in [5.74, 6) is -1.74. The lowest BCUT2D eigenvalue weighted by atomic mass is 10.1. The van der Waals surface area contributed by atoms with E-state index in [0.29, 0.717) is 4.90 Å². The predicted molar refractivity (Wildman–Crippen MR) is 88.8 cm³/mol. The molecule has 0 aliphatic rings. The van der Waals surface area contributed by atoms with Crippen LogP contribution in [0.1, 0.15) is 10.4 Å². The van der Waals surface area contributed by atoms with E-state index in [0.717, 1.165) is 4.90 Å². The molecule has 0 heterocycles. The third-order valence-electron chi connectivity index (χ3n) is 2.98. The third-order valence-corrected chi connectivity index (χ3v) is 5.39. The molecule has 0 spiro atoms. The van der Waals surface area contributed by atoms with Crippen molar-refractivity contribution in [2.24, 2.45) is 4.36 Å². The van der Waals surface area contributed by atoms with Gasteiger partial charge in [-0.15, -0.1) is 11.8 Å². The largest absolute Gasteiger partial charge is 0.326 e. The highest BCUT2D eigenvalue weighted by Crippen LogP contribution is 2.16. The third kappa shape index (κ3) is 3.84. The Morgan fingerprint density at radius 1 is 1.00 bits per heavy atom. The molecule has 114 valence electrons. The summed E-state index contributed by atoms with van der Waals surface area (Å²) in [6.45, 7) is 0. The van der Waals surface area contributed by atoms with Crippen LogP contribution in [0.15, 0.2) is 68.8 Å². The highest BCUT2D eigenvalue weighted by Gasteiger charge is 2.18. The molecule has 2 aromatic rings. The first-order chi connectivity index (χ1) is 10.4. The van der Waals surface area contributed by atoms with Crippen molar-refractivity contribution in [1.82, 2.24) is 0 Å². The van der Waals surface area contributed by atoms with Crippen molar-refractivity contribution in [3.05, 3.63) is 60.2 Å². The standard InChI is InChI=1S/C16H15NO3S2/c1-21-13-10-8-12(9-11-13)15(18)16(19)17-22(2,20)14-6-4-3-5-7-14/h3-11H,1-2H3. The van der Waals surface area contributed by atoms with Gasteiger partial charge in [-0.3, -0.25) is 9.59 Å². The molecule has 0 bridgehead atoms. The monoisotopic (exact) mass is 333 g/mol. The van der Waals surface area contributed by atoms with Gasteiger partial charge in [0.05, 0.1) is 9.73 Å². The molecule has 0 fully saturated rings. The first kappa shape index (κ1) is 16.5. The number of hydrogen-bond donors (Lipinski definition) is 0. The van der Waals surface area contributed by atoms with E-state index in [1.165, 1.54) is 18.0 Å². The zero-order valence-corrected chi connectivity index (χ0v) is 13.8. The Balaban J connectivity index is 2.29. The Hall–Kier alpha value is -1.92. The van der Waals surface area contributed by atoms with Gasteiger partial charge in [-0.05, 0) is 42.7 Å². The van der Waals surface area contributed by atoms with E-state index in [4.69, 9.17) is 0 Å². The normalized spacial score (nSPS) is 13.2. The van der Waals surface area contributed by atoms with Crippen LogP contribution in [0.2, 0.25) is 0 Å². The Morgan fingerprint density at radius 3 is 2.14 bits per heavy atom. The minimum atomic E-state index is -2.92. The molecule has 0 aliphatic heterocycles. The van der Waals surface area contributed by atoms with Crippen LogP contribution in [-0.4, -0.2) is 28.4 Å². The van der Waals surface area contributed by atoms with Gasteiger partial charge in [-0.2, -0.15) is 4.36 Å². The quantitative estimate of drug-likeness (QED) is 0.489. The maximum absolute atomic E-state index is 12.5. The molecule has 4 nitrogen and oxygen atoms in total. The number of benzene rings is 2. The lowest BCUT2D eigenvalue weighted by Gasteiger charge is -2.03. The number of carbonyl (C=O) groups is 2. The van der Waals surface area contributed by atoms with Gasteiger partial charge in [-0.25, -0.2) is 4.21 Å².